The molecule has 1 aliphatic heterocycles. The average Bonchev–Trinajstić information content (AvgIpc) is 2.67. The first-order valence-electron chi connectivity index (χ1n) is 9.06. The third kappa shape index (κ3) is 3.38. The number of aromatic nitrogens is 2. The molecule has 0 bridgehead atoms. The van der Waals surface area contributed by atoms with Crippen LogP contribution in [0.1, 0.15) is 19.3 Å². The lowest BCUT2D eigenvalue weighted by Gasteiger charge is -2.32. The molecule has 26 heavy (non-hydrogen) atoms. The van der Waals surface area contributed by atoms with Crippen molar-refractivity contribution >= 4 is 22.8 Å². The van der Waals surface area contributed by atoms with Gasteiger partial charge in [-0.25, -0.2) is 9.97 Å². The summed E-state index contributed by atoms with van der Waals surface area (Å²) in [7, 11) is 0. The highest BCUT2D eigenvalue weighted by Crippen LogP contribution is 2.30. The molecule has 0 spiro atoms. The van der Waals surface area contributed by atoms with E-state index < -0.39 is 0 Å². The number of primary amides is 1. The van der Waals surface area contributed by atoms with Gasteiger partial charge >= 0.3 is 0 Å². The van der Waals surface area contributed by atoms with Gasteiger partial charge in [0.15, 0.2) is 0 Å². The lowest BCUT2D eigenvalue weighted by atomic mass is 9.95. The largest absolute Gasteiger partial charge is 0.370 e. The van der Waals surface area contributed by atoms with Crippen molar-refractivity contribution in [3.8, 4) is 11.3 Å². The Morgan fingerprint density at radius 2 is 1.85 bits per heavy atom. The quantitative estimate of drug-likeness (QED) is 0.786. The minimum absolute atomic E-state index is 0.235. The third-order valence-corrected chi connectivity index (χ3v) is 4.93. The maximum Gasteiger partial charge on any atom is 0.226 e. The topological polar surface area (TPSA) is 72.1 Å². The maximum atomic E-state index is 11.3. The van der Waals surface area contributed by atoms with E-state index >= 15 is 0 Å². The smallest absolute Gasteiger partial charge is 0.226 e. The highest BCUT2D eigenvalue weighted by atomic mass is 16.1. The van der Waals surface area contributed by atoms with Gasteiger partial charge in [-0.05, 0) is 24.8 Å². The van der Waals surface area contributed by atoms with Crippen LogP contribution < -0.4 is 10.6 Å². The van der Waals surface area contributed by atoms with Gasteiger partial charge in [-0.1, -0.05) is 48.5 Å². The Bertz CT molecular complexity index is 926. The Balaban J connectivity index is 1.75. The average molecular weight is 346 g/mol. The summed E-state index contributed by atoms with van der Waals surface area (Å²) in [6, 6.07) is 18.3. The van der Waals surface area contributed by atoms with Gasteiger partial charge in [0.1, 0.15) is 0 Å². The van der Waals surface area contributed by atoms with Crippen LogP contribution in [0.4, 0.5) is 5.95 Å². The molecule has 1 fully saturated rings. The highest BCUT2D eigenvalue weighted by Gasteiger charge is 2.24. The van der Waals surface area contributed by atoms with E-state index in [2.05, 4.69) is 23.1 Å². The van der Waals surface area contributed by atoms with Crippen molar-refractivity contribution < 1.29 is 4.79 Å². The van der Waals surface area contributed by atoms with Gasteiger partial charge in [-0.15, -0.1) is 0 Å². The van der Waals surface area contributed by atoms with E-state index in [1.165, 1.54) is 0 Å². The fourth-order valence-electron chi connectivity index (χ4n) is 3.72. The molecule has 1 atom stereocenters. The second-order valence-electron chi connectivity index (χ2n) is 6.88. The molecule has 3 aromatic rings. The van der Waals surface area contributed by atoms with Crippen molar-refractivity contribution in [2.75, 3.05) is 18.0 Å². The molecule has 0 radical (unpaired) electrons. The van der Waals surface area contributed by atoms with Crippen molar-refractivity contribution in [2.45, 2.75) is 19.3 Å². The first-order chi connectivity index (χ1) is 12.7. The zero-order valence-corrected chi connectivity index (χ0v) is 14.6. The molecule has 1 saturated heterocycles. The molecule has 5 nitrogen and oxygen atoms in total. The van der Waals surface area contributed by atoms with Gasteiger partial charge in [0.2, 0.25) is 11.9 Å². The van der Waals surface area contributed by atoms with Crippen molar-refractivity contribution in [3.63, 3.8) is 0 Å². The molecular formula is C21H22N4O. The molecule has 5 heteroatoms. The van der Waals surface area contributed by atoms with Crippen LogP contribution >= 0.6 is 0 Å². The minimum atomic E-state index is -0.235. The zero-order valence-electron chi connectivity index (χ0n) is 14.6. The number of nitrogens with two attached hydrogens (primary N) is 1. The summed E-state index contributed by atoms with van der Waals surface area (Å²) in [5.41, 5.74) is 8.36. The van der Waals surface area contributed by atoms with Gasteiger partial charge < -0.3 is 10.6 Å². The summed E-state index contributed by atoms with van der Waals surface area (Å²) in [6.45, 7) is 1.68. The molecule has 1 aromatic heterocycles. The van der Waals surface area contributed by atoms with E-state index in [1.807, 2.05) is 36.4 Å². The van der Waals surface area contributed by atoms with E-state index in [-0.39, 0.29) is 11.8 Å². The Labute approximate surface area is 152 Å². The van der Waals surface area contributed by atoms with Crippen molar-refractivity contribution in [2.24, 2.45) is 11.7 Å². The standard InChI is InChI=1S/C21H22N4O/c22-19(26)13-15-7-6-12-25(14-15)21-23-18-11-5-4-10-17(18)20(24-21)16-8-2-1-3-9-16/h1-5,8-11,15H,6-7,12-14H2,(H2,22,26). The number of rotatable bonds is 4. The summed E-state index contributed by atoms with van der Waals surface area (Å²) in [5.74, 6) is 0.773. The molecule has 2 aromatic carbocycles. The van der Waals surface area contributed by atoms with E-state index in [1.54, 1.807) is 0 Å². The predicted molar refractivity (Wildman–Crippen MR) is 104 cm³/mol. The van der Waals surface area contributed by atoms with Gasteiger partial charge in [0, 0.05) is 30.5 Å². The molecular weight excluding hydrogens is 324 g/mol. The van der Waals surface area contributed by atoms with Gasteiger partial charge in [-0.2, -0.15) is 0 Å². The number of amides is 1. The molecule has 1 unspecified atom stereocenters. The summed E-state index contributed by atoms with van der Waals surface area (Å²) in [4.78, 5) is 23.2. The van der Waals surface area contributed by atoms with Crippen LogP contribution in [0.3, 0.4) is 0 Å². The minimum Gasteiger partial charge on any atom is -0.370 e. The number of carbonyl (C=O) groups excluding carboxylic acids is 1. The van der Waals surface area contributed by atoms with Crippen LogP contribution in [0.25, 0.3) is 22.2 Å². The Hall–Kier alpha value is -2.95. The van der Waals surface area contributed by atoms with Gasteiger partial charge in [0.05, 0.1) is 11.2 Å². The number of piperidine rings is 1. The lowest BCUT2D eigenvalue weighted by Crippen LogP contribution is -2.38. The second kappa shape index (κ2) is 7.12. The number of benzene rings is 2. The number of anilines is 1. The van der Waals surface area contributed by atoms with Crippen LogP contribution in [-0.2, 0) is 4.79 Å². The number of hydrogen-bond donors (Lipinski definition) is 1. The monoisotopic (exact) mass is 346 g/mol. The molecule has 2 heterocycles. The molecule has 2 N–H and O–H groups in total. The summed E-state index contributed by atoms with van der Waals surface area (Å²) < 4.78 is 0. The normalized spacial score (nSPS) is 17.4. The van der Waals surface area contributed by atoms with Crippen molar-refractivity contribution in [1.82, 2.24) is 9.97 Å². The fourth-order valence-corrected chi connectivity index (χ4v) is 3.72. The van der Waals surface area contributed by atoms with E-state index in [9.17, 15) is 4.79 Å². The van der Waals surface area contributed by atoms with Gasteiger partial charge in [0.25, 0.3) is 0 Å². The van der Waals surface area contributed by atoms with Crippen LogP contribution in [0.5, 0.6) is 0 Å². The molecule has 1 aliphatic rings. The number of hydrogen-bond acceptors (Lipinski definition) is 4. The molecule has 0 aliphatic carbocycles. The maximum absolute atomic E-state index is 11.3. The van der Waals surface area contributed by atoms with Crippen molar-refractivity contribution in [3.05, 3.63) is 54.6 Å². The number of nitrogens with zero attached hydrogens (tertiary/aromatic N) is 3. The molecule has 0 saturated carbocycles. The molecule has 132 valence electrons. The van der Waals surface area contributed by atoms with Crippen LogP contribution in [0.15, 0.2) is 54.6 Å². The number of para-hydroxylation sites is 1. The Morgan fingerprint density at radius 3 is 2.65 bits per heavy atom. The fraction of sp³-hybridized carbons (Fsp3) is 0.286. The third-order valence-electron chi connectivity index (χ3n) is 4.93. The highest BCUT2D eigenvalue weighted by molar-refractivity contribution is 5.93. The predicted octanol–water partition coefficient (Wildman–Crippen LogP) is 3.39. The Morgan fingerprint density at radius 1 is 1.08 bits per heavy atom. The van der Waals surface area contributed by atoms with E-state index in [4.69, 9.17) is 15.7 Å². The molecule has 1 amide bonds. The van der Waals surface area contributed by atoms with E-state index in [0.717, 1.165) is 54.0 Å². The summed E-state index contributed by atoms with van der Waals surface area (Å²) in [5, 5.41) is 1.05. The Kier molecular flexibility index (Phi) is 4.52. The first-order valence-corrected chi connectivity index (χ1v) is 9.06. The first kappa shape index (κ1) is 16.5. The van der Waals surface area contributed by atoms with Crippen LogP contribution in [0, 0.1) is 5.92 Å². The van der Waals surface area contributed by atoms with Gasteiger partial charge in [-0.3, -0.25) is 4.79 Å². The second-order valence-corrected chi connectivity index (χ2v) is 6.88. The summed E-state index contributed by atoms with van der Waals surface area (Å²) >= 11 is 0. The number of carbonyl (C=O) groups is 1. The number of fused-ring (bicyclic) bond motifs is 1. The van der Waals surface area contributed by atoms with E-state index in [0.29, 0.717) is 6.42 Å². The SMILES string of the molecule is NC(=O)CC1CCCN(c2nc(-c3ccccc3)c3ccccc3n2)C1. The molecule has 4 rings (SSSR count). The zero-order chi connectivity index (χ0) is 17.9. The van der Waals surface area contributed by atoms with Crippen LogP contribution in [0.2, 0.25) is 0 Å². The summed E-state index contributed by atoms with van der Waals surface area (Å²) in [6.07, 6.45) is 2.48. The van der Waals surface area contributed by atoms with Crippen molar-refractivity contribution in [1.29, 1.82) is 0 Å². The lowest BCUT2D eigenvalue weighted by molar-refractivity contribution is -0.118. The van der Waals surface area contributed by atoms with Crippen LogP contribution in [-0.4, -0.2) is 29.0 Å².